The molecule has 148 valence electrons. The van der Waals surface area contributed by atoms with E-state index in [1.165, 1.54) is 0 Å². The molecule has 1 saturated carbocycles. The van der Waals surface area contributed by atoms with Crippen LogP contribution in [-0.2, 0) is 11.3 Å². The predicted molar refractivity (Wildman–Crippen MR) is 102 cm³/mol. The number of amides is 1. The highest BCUT2D eigenvalue weighted by Gasteiger charge is 2.47. The molecule has 1 amide bonds. The number of hydrogen-bond acceptors (Lipinski definition) is 4. The summed E-state index contributed by atoms with van der Waals surface area (Å²) in [5, 5.41) is 14.0. The van der Waals surface area contributed by atoms with Gasteiger partial charge in [-0.3, -0.25) is 9.48 Å². The second-order valence-electron chi connectivity index (χ2n) is 7.69. The summed E-state index contributed by atoms with van der Waals surface area (Å²) in [5.41, 5.74) is 1.49. The van der Waals surface area contributed by atoms with E-state index < -0.39 is 12.0 Å². The van der Waals surface area contributed by atoms with Crippen LogP contribution in [0.5, 0.6) is 5.75 Å². The fraction of sp³-hybridized carbons (Fsp3) is 0.476. The number of nitrogens with zero attached hydrogens (tertiary/aromatic N) is 3. The lowest BCUT2D eigenvalue weighted by molar-refractivity contribution is -0.141. The second-order valence-corrected chi connectivity index (χ2v) is 7.69. The average Bonchev–Trinajstić information content (AvgIpc) is 3.33. The molecule has 0 spiro atoms. The van der Waals surface area contributed by atoms with Gasteiger partial charge in [-0.15, -0.1) is 0 Å². The summed E-state index contributed by atoms with van der Waals surface area (Å²) in [5.74, 6) is -0.0415. The maximum Gasteiger partial charge on any atom is 0.326 e. The van der Waals surface area contributed by atoms with E-state index in [-0.39, 0.29) is 11.9 Å². The van der Waals surface area contributed by atoms with Crippen molar-refractivity contribution in [3.8, 4) is 5.75 Å². The van der Waals surface area contributed by atoms with E-state index in [9.17, 15) is 14.7 Å². The van der Waals surface area contributed by atoms with Gasteiger partial charge in [0.15, 0.2) is 0 Å². The van der Waals surface area contributed by atoms with Crippen LogP contribution in [0, 0.1) is 5.92 Å². The molecule has 4 rings (SSSR count). The Labute approximate surface area is 163 Å². The van der Waals surface area contributed by atoms with Crippen LogP contribution in [0.4, 0.5) is 0 Å². The van der Waals surface area contributed by atoms with Gasteiger partial charge in [0.25, 0.3) is 5.91 Å². The smallest absolute Gasteiger partial charge is 0.326 e. The van der Waals surface area contributed by atoms with Gasteiger partial charge in [0, 0.05) is 12.2 Å². The van der Waals surface area contributed by atoms with Gasteiger partial charge in [-0.25, -0.2) is 4.79 Å². The number of carbonyl (C=O) groups excluding carboxylic acids is 1. The summed E-state index contributed by atoms with van der Waals surface area (Å²) in [6.45, 7) is 0.533. The van der Waals surface area contributed by atoms with Crippen molar-refractivity contribution in [1.82, 2.24) is 14.7 Å². The molecule has 2 heterocycles. The third-order valence-corrected chi connectivity index (χ3v) is 5.99. The summed E-state index contributed by atoms with van der Waals surface area (Å²) in [6, 6.07) is 6.98. The molecule has 1 aromatic heterocycles. The van der Waals surface area contributed by atoms with Crippen molar-refractivity contribution in [2.45, 2.75) is 50.7 Å². The molecule has 3 unspecified atom stereocenters. The molecule has 3 atom stereocenters. The number of methoxy groups -OCH3 is 1. The number of rotatable bonds is 5. The number of benzene rings is 1. The Morgan fingerprint density at radius 3 is 2.68 bits per heavy atom. The molecule has 1 aliphatic carbocycles. The Kier molecular flexibility index (Phi) is 5.07. The average molecular weight is 383 g/mol. The van der Waals surface area contributed by atoms with Gasteiger partial charge in [-0.2, -0.15) is 5.10 Å². The van der Waals surface area contributed by atoms with Crippen molar-refractivity contribution in [1.29, 1.82) is 0 Å². The lowest BCUT2D eigenvalue weighted by Gasteiger charge is -2.32. The molecule has 1 saturated heterocycles. The number of fused-ring (bicyclic) bond motifs is 1. The summed E-state index contributed by atoms with van der Waals surface area (Å²) < 4.78 is 6.87. The van der Waals surface area contributed by atoms with Crippen molar-refractivity contribution in [2.75, 3.05) is 7.11 Å². The van der Waals surface area contributed by atoms with Crippen LogP contribution in [0.2, 0.25) is 0 Å². The lowest BCUT2D eigenvalue weighted by Crippen LogP contribution is -2.46. The first kappa shape index (κ1) is 18.5. The van der Waals surface area contributed by atoms with E-state index in [1.54, 1.807) is 29.1 Å². The van der Waals surface area contributed by atoms with E-state index in [1.807, 2.05) is 24.3 Å². The maximum absolute atomic E-state index is 13.2. The van der Waals surface area contributed by atoms with Crippen molar-refractivity contribution in [2.24, 2.45) is 5.92 Å². The summed E-state index contributed by atoms with van der Waals surface area (Å²) in [6.07, 6.45) is 7.88. The van der Waals surface area contributed by atoms with Gasteiger partial charge in [0.05, 0.1) is 25.4 Å². The minimum Gasteiger partial charge on any atom is -0.497 e. The van der Waals surface area contributed by atoms with E-state index >= 15 is 0 Å². The van der Waals surface area contributed by atoms with Gasteiger partial charge in [0.2, 0.25) is 0 Å². The highest BCUT2D eigenvalue weighted by Crippen LogP contribution is 2.40. The minimum atomic E-state index is -0.909. The third kappa shape index (κ3) is 3.48. The molecule has 7 heteroatoms. The quantitative estimate of drug-likeness (QED) is 0.858. The predicted octanol–water partition coefficient (Wildman–Crippen LogP) is 2.80. The first-order chi connectivity index (χ1) is 13.6. The monoisotopic (exact) mass is 383 g/mol. The summed E-state index contributed by atoms with van der Waals surface area (Å²) in [7, 11) is 1.63. The van der Waals surface area contributed by atoms with Gasteiger partial charge in [0.1, 0.15) is 11.8 Å². The molecule has 28 heavy (non-hydrogen) atoms. The van der Waals surface area contributed by atoms with Crippen LogP contribution in [0.3, 0.4) is 0 Å². The van der Waals surface area contributed by atoms with E-state index in [4.69, 9.17) is 4.74 Å². The van der Waals surface area contributed by atoms with Crippen LogP contribution in [0.25, 0.3) is 0 Å². The van der Waals surface area contributed by atoms with Crippen molar-refractivity contribution in [3.05, 3.63) is 47.8 Å². The standard InChI is InChI=1S/C21H25N3O4/c1-28-17-8-6-14(7-9-17)12-23-13-16(11-22-23)20(25)24-18-5-3-2-4-15(18)10-19(24)21(26)27/h6-9,11,13,15,18-19H,2-5,10,12H2,1H3,(H,26,27). The van der Waals surface area contributed by atoms with Gasteiger partial charge >= 0.3 is 5.97 Å². The number of carbonyl (C=O) groups is 2. The van der Waals surface area contributed by atoms with E-state index in [2.05, 4.69) is 5.10 Å². The van der Waals surface area contributed by atoms with Crippen molar-refractivity contribution >= 4 is 11.9 Å². The molecule has 2 aromatic rings. The number of aliphatic carboxylic acids is 1. The Balaban J connectivity index is 1.51. The van der Waals surface area contributed by atoms with Crippen LogP contribution in [0.15, 0.2) is 36.7 Å². The molecular weight excluding hydrogens is 358 g/mol. The number of ether oxygens (including phenoxy) is 1. The zero-order valence-corrected chi connectivity index (χ0v) is 16.0. The number of likely N-dealkylation sites (tertiary alicyclic amines) is 1. The molecule has 7 nitrogen and oxygen atoms in total. The molecule has 1 aliphatic heterocycles. The van der Waals surface area contributed by atoms with Gasteiger partial charge in [-0.05, 0) is 42.9 Å². The minimum absolute atomic E-state index is 0.0345. The molecule has 2 aliphatic rings. The normalized spacial score (nSPS) is 24.0. The molecule has 0 bridgehead atoms. The molecule has 1 N–H and O–H groups in total. The van der Waals surface area contributed by atoms with Crippen molar-refractivity contribution in [3.63, 3.8) is 0 Å². The summed E-state index contributed by atoms with van der Waals surface area (Å²) >= 11 is 0. The SMILES string of the molecule is COc1ccc(Cn2cc(C(=O)N3C(C(=O)O)CC4CCCCC43)cn2)cc1. The Morgan fingerprint density at radius 2 is 1.96 bits per heavy atom. The zero-order valence-electron chi connectivity index (χ0n) is 16.0. The van der Waals surface area contributed by atoms with Crippen molar-refractivity contribution < 1.29 is 19.4 Å². The topological polar surface area (TPSA) is 84.7 Å². The fourth-order valence-electron chi connectivity index (χ4n) is 4.60. The van der Waals surface area contributed by atoms with E-state index in [0.717, 1.165) is 37.0 Å². The first-order valence-corrected chi connectivity index (χ1v) is 9.77. The molecule has 0 radical (unpaired) electrons. The number of aromatic nitrogens is 2. The molecule has 2 fully saturated rings. The lowest BCUT2D eigenvalue weighted by atomic mass is 9.84. The number of carboxylic acid groups (broad SMARTS) is 1. The maximum atomic E-state index is 13.2. The zero-order chi connectivity index (χ0) is 19.7. The highest BCUT2D eigenvalue weighted by atomic mass is 16.5. The van der Waals surface area contributed by atoms with Crippen LogP contribution < -0.4 is 4.74 Å². The number of carboxylic acids is 1. The van der Waals surface area contributed by atoms with Gasteiger partial charge in [-0.1, -0.05) is 25.0 Å². The molecule has 1 aromatic carbocycles. The van der Waals surface area contributed by atoms with Gasteiger partial charge < -0.3 is 14.7 Å². The third-order valence-electron chi connectivity index (χ3n) is 5.99. The largest absolute Gasteiger partial charge is 0.497 e. The van der Waals surface area contributed by atoms with Crippen LogP contribution in [0.1, 0.15) is 48.0 Å². The highest BCUT2D eigenvalue weighted by molar-refractivity contribution is 5.97. The van der Waals surface area contributed by atoms with E-state index in [0.29, 0.717) is 24.4 Å². The van der Waals surface area contributed by atoms with Crippen LogP contribution >= 0.6 is 0 Å². The Morgan fingerprint density at radius 1 is 1.21 bits per heavy atom. The molecular formula is C21H25N3O4. The Hall–Kier alpha value is -2.83. The second kappa shape index (κ2) is 7.66. The number of hydrogen-bond donors (Lipinski definition) is 1. The first-order valence-electron chi connectivity index (χ1n) is 9.77. The van der Waals surface area contributed by atoms with Crippen LogP contribution in [-0.4, -0.2) is 50.9 Å². The summed E-state index contributed by atoms with van der Waals surface area (Å²) in [4.78, 5) is 26.5. The Bertz CT molecular complexity index is 861. The fourth-order valence-corrected chi connectivity index (χ4v) is 4.60.